The Morgan fingerprint density at radius 3 is 1.80 bits per heavy atom. The molecule has 0 aliphatic rings. The van der Waals surface area contributed by atoms with Crippen LogP contribution >= 0.6 is 0 Å². The van der Waals surface area contributed by atoms with E-state index in [0.717, 1.165) is 18.2 Å². The normalized spacial score (nSPS) is 9.60. The van der Waals surface area contributed by atoms with E-state index < -0.39 is 29.0 Å². The van der Waals surface area contributed by atoms with E-state index in [2.05, 4.69) is 0 Å². The van der Waals surface area contributed by atoms with E-state index in [4.69, 9.17) is 15.3 Å². The Morgan fingerprint density at radius 1 is 0.867 bits per heavy atom. The molecular weight excluding hydrogens is 204 g/mol. The van der Waals surface area contributed by atoms with Gasteiger partial charge in [0.05, 0.1) is 16.7 Å². The van der Waals surface area contributed by atoms with Crippen molar-refractivity contribution < 1.29 is 31.1 Å². The van der Waals surface area contributed by atoms with E-state index in [-0.39, 0.29) is 6.99 Å². The minimum absolute atomic E-state index is 0. The molecule has 0 aliphatic heterocycles. The van der Waals surface area contributed by atoms with Gasteiger partial charge in [-0.25, -0.2) is 14.4 Å². The smallest absolute Gasteiger partial charge is 0.336 e. The maximum Gasteiger partial charge on any atom is 0.336 e. The topological polar surface area (TPSA) is 112 Å². The van der Waals surface area contributed by atoms with Crippen LogP contribution in [-0.4, -0.2) is 33.2 Å². The van der Waals surface area contributed by atoms with Gasteiger partial charge in [-0.05, 0) is 18.2 Å². The Labute approximate surface area is 84.9 Å². The number of rotatable bonds is 3. The molecule has 15 heavy (non-hydrogen) atoms. The highest BCUT2D eigenvalue weighted by Crippen LogP contribution is 2.12. The van der Waals surface area contributed by atoms with Gasteiger partial charge in [0, 0.05) is 1.43 Å². The van der Waals surface area contributed by atoms with Crippen LogP contribution in [0.5, 0.6) is 0 Å². The van der Waals surface area contributed by atoms with Crippen LogP contribution in [0.2, 0.25) is 0 Å². The molecule has 1 aromatic carbocycles. The predicted molar refractivity (Wildman–Crippen MR) is 49.4 cm³/mol. The van der Waals surface area contributed by atoms with Gasteiger partial charge in [0.1, 0.15) is 0 Å². The summed E-state index contributed by atoms with van der Waals surface area (Å²) < 4.78 is 0. The van der Waals surface area contributed by atoms with Gasteiger partial charge < -0.3 is 15.3 Å². The average molecular weight is 212 g/mol. The van der Waals surface area contributed by atoms with Crippen LogP contribution in [0.15, 0.2) is 18.2 Å². The molecule has 1 aromatic rings. The zero-order chi connectivity index (χ0) is 11.6. The summed E-state index contributed by atoms with van der Waals surface area (Å²) in [6.45, 7) is 0. The van der Waals surface area contributed by atoms with Crippen molar-refractivity contribution in [3.63, 3.8) is 0 Å². The number of aromatic carboxylic acids is 3. The highest BCUT2D eigenvalue weighted by atomic mass is 16.4. The van der Waals surface area contributed by atoms with E-state index in [0.29, 0.717) is 0 Å². The van der Waals surface area contributed by atoms with Crippen molar-refractivity contribution >= 4 is 17.9 Å². The standard InChI is InChI=1S/C9H6O6.H2/c10-7(11)4-1-2-5(8(12)13)6(3-4)9(14)15;/h1-3H,(H,10,11)(H,12,13)(H,14,15);1H. The molecule has 6 heteroatoms. The minimum Gasteiger partial charge on any atom is -0.478 e. The van der Waals surface area contributed by atoms with Crippen molar-refractivity contribution in [2.75, 3.05) is 0 Å². The lowest BCUT2D eigenvalue weighted by Gasteiger charge is -2.02. The molecule has 80 valence electrons. The first-order chi connectivity index (χ1) is 6.93. The van der Waals surface area contributed by atoms with Gasteiger partial charge in [0.25, 0.3) is 0 Å². The van der Waals surface area contributed by atoms with Gasteiger partial charge in [-0.2, -0.15) is 0 Å². The highest BCUT2D eigenvalue weighted by Gasteiger charge is 2.17. The molecule has 0 aromatic heterocycles. The van der Waals surface area contributed by atoms with Crippen LogP contribution in [0.1, 0.15) is 32.5 Å². The molecule has 0 radical (unpaired) electrons. The Bertz CT molecular complexity index is 453. The quantitative estimate of drug-likeness (QED) is 0.689. The summed E-state index contributed by atoms with van der Waals surface area (Å²) >= 11 is 0. The van der Waals surface area contributed by atoms with Gasteiger partial charge in [0.2, 0.25) is 0 Å². The Balaban J connectivity index is 0.00000225. The maximum atomic E-state index is 10.6. The van der Waals surface area contributed by atoms with Crippen LogP contribution in [0.4, 0.5) is 0 Å². The predicted octanol–water partition coefficient (Wildman–Crippen LogP) is 1.03. The first-order valence-electron chi connectivity index (χ1n) is 3.77. The number of carboxylic acid groups (broad SMARTS) is 3. The maximum absolute atomic E-state index is 10.6. The average Bonchev–Trinajstić information content (AvgIpc) is 2.16. The molecule has 0 saturated heterocycles. The van der Waals surface area contributed by atoms with Crippen LogP contribution in [0, 0.1) is 0 Å². The first kappa shape index (κ1) is 10.7. The zero-order valence-corrected chi connectivity index (χ0v) is 7.30. The monoisotopic (exact) mass is 212 g/mol. The third kappa shape index (κ3) is 2.11. The third-order valence-corrected chi connectivity index (χ3v) is 1.73. The number of carbonyl (C=O) groups is 3. The van der Waals surface area contributed by atoms with Gasteiger partial charge in [-0.15, -0.1) is 0 Å². The second-order valence-corrected chi connectivity index (χ2v) is 2.68. The third-order valence-electron chi connectivity index (χ3n) is 1.73. The van der Waals surface area contributed by atoms with E-state index in [9.17, 15) is 14.4 Å². The molecule has 0 bridgehead atoms. The summed E-state index contributed by atoms with van der Waals surface area (Å²) in [7, 11) is 0. The molecule has 1 rings (SSSR count). The van der Waals surface area contributed by atoms with Crippen molar-refractivity contribution in [2.24, 2.45) is 0 Å². The Morgan fingerprint density at radius 2 is 1.40 bits per heavy atom. The highest BCUT2D eigenvalue weighted by molar-refractivity contribution is 6.03. The van der Waals surface area contributed by atoms with Crippen molar-refractivity contribution in [1.82, 2.24) is 0 Å². The fourth-order valence-corrected chi connectivity index (χ4v) is 1.04. The lowest BCUT2D eigenvalue weighted by atomic mass is 10.0. The second-order valence-electron chi connectivity index (χ2n) is 2.68. The summed E-state index contributed by atoms with van der Waals surface area (Å²) in [5.74, 6) is -4.20. The van der Waals surface area contributed by atoms with Crippen LogP contribution in [0.3, 0.4) is 0 Å². The molecule has 0 fully saturated rings. The van der Waals surface area contributed by atoms with Crippen LogP contribution < -0.4 is 0 Å². The second kappa shape index (κ2) is 3.79. The summed E-state index contributed by atoms with van der Waals surface area (Å²) in [6, 6.07) is 2.81. The van der Waals surface area contributed by atoms with Crippen LogP contribution in [0.25, 0.3) is 0 Å². The largest absolute Gasteiger partial charge is 0.478 e. The van der Waals surface area contributed by atoms with Crippen molar-refractivity contribution in [3.8, 4) is 0 Å². The van der Waals surface area contributed by atoms with E-state index >= 15 is 0 Å². The number of hydrogen-bond donors (Lipinski definition) is 3. The van der Waals surface area contributed by atoms with E-state index in [1.165, 1.54) is 0 Å². The molecule has 0 heterocycles. The van der Waals surface area contributed by atoms with Gasteiger partial charge in [0.15, 0.2) is 0 Å². The SMILES string of the molecule is O=C(O)c1ccc(C(=O)O)c(C(=O)O)c1.[HH]. The first-order valence-corrected chi connectivity index (χ1v) is 3.77. The lowest BCUT2D eigenvalue weighted by molar-refractivity contribution is 0.0649. The van der Waals surface area contributed by atoms with Crippen molar-refractivity contribution in [3.05, 3.63) is 34.9 Å². The van der Waals surface area contributed by atoms with Crippen molar-refractivity contribution in [2.45, 2.75) is 0 Å². The fraction of sp³-hybridized carbons (Fsp3) is 0. The van der Waals surface area contributed by atoms with E-state index in [1.54, 1.807) is 0 Å². The van der Waals surface area contributed by atoms with E-state index in [1.807, 2.05) is 0 Å². The zero-order valence-electron chi connectivity index (χ0n) is 7.30. The molecule has 0 atom stereocenters. The van der Waals surface area contributed by atoms with Gasteiger partial charge in [-0.3, -0.25) is 0 Å². The molecular formula is C9H8O6. The molecule has 3 N–H and O–H groups in total. The summed E-state index contributed by atoms with van der Waals surface area (Å²) in [6.07, 6.45) is 0. The molecule has 0 spiro atoms. The number of benzene rings is 1. The summed E-state index contributed by atoms with van der Waals surface area (Å²) in [5.41, 5.74) is -1.24. The number of carboxylic acids is 3. The molecule has 6 nitrogen and oxygen atoms in total. The molecule has 0 aliphatic carbocycles. The Hall–Kier alpha value is -2.37. The lowest BCUT2D eigenvalue weighted by Crippen LogP contribution is -2.10. The summed E-state index contributed by atoms with van der Waals surface area (Å²) in [4.78, 5) is 31.8. The van der Waals surface area contributed by atoms with Gasteiger partial charge in [-0.1, -0.05) is 0 Å². The molecule has 0 unspecified atom stereocenters. The fourth-order valence-electron chi connectivity index (χ4n) is 1.04. The molecule has 0 amide bonds. The Kier molecular flexibility index (Phi) is 2.70. The van der Waals surface area contributed by atoms with Gasteiger partial charge >= 0.3 is 17.9 Å². The number of hydrogen-bond acceptors (Lipinski definition) is 3. The minimum atomic E-state index is -1.48. The summed E-state index contributed by atoms with van der Waals surface area (Å²) in [5, 5.41) is 25.9. The van der Waals surface area contributed by atoms with Crippen LogP contribution in [-0.2, 0) is 0 Å². The molecule has 0 saturated carbocycles. The van der Waals surface area contributed by atoms with Crippen molar-refractivity contribution in [1.29, 1.82) is 0 Å².